The molecule has 0 heterocycles. The van der Waals surface area contributed by atoms with Gasteiger partial charge < -0.3 is 10.6 Å². The SMILES string of the molecule is CCC(Sc1cccc(NC(=O)CC(C)(C)C)c1)C(=O)Nc1cc([N+](=O)[O-])ccc1C. The molecule has 8 heteroatoms. The molecular formula is C23H29N3O4S. The van der Waals surface area contributed by atoms with Crippen LogP contribution in [-0.4, -0.2) is 22.0 Å². The molecule has 2 aromatic rings. The molecule has 0 bridgehead atoms. The Balaban J connectivity index is 2.09. The number of aryl methyl sites for hydroxylation is 1. The normalized spacial score (nSPS) is 12.2. The molecule has 2 N–H and O–H groups in total. The lowest BCUT2D eigenvalue weighted by molar-refractivity contribution is -0.384. The number of anilines is 2. The van der Waals surface area contributed by atoms with Gasteiger partial charge >= 0.3 is 0 Å². The number of hydrogen-bond acceptors (Lipinski definition) is 5. The second-order valence-electron chi connectivity index (χ2n) is 8.57. The first-order chi connectivity index (χ1) is 14.5. The molecule has 0 fully saturated rings. The zero-order valence-corrected chi connectivity index (χ0v) is 19.3. The fraction of sp³-hybridized carbons (Fsp3) is 0.391. The molecule has 0 saturated carbocycles. The van der Waals surface area contributed by atoms with Gasteiger partial charge in [0.25, 0.3) is 5.69 Å². The van der Waals surface area contributed by atoms with Crippen LogP contribution in [0.4, 0.5) is 17.1 Å². The summed E-state index contributed by atoms with van der Waals surface area (Å²) in [7, 11) is 0. The average Bonchev–Trinajstić information content (AvgIpc) is 2.66. The van der Waals surface area contributed by atoms with Crippen molar-refractivity contribution in [3.8, 4) is 0 Å². The Bertz CT molecular complexity index is 970. The van der Waals surface area contributed by atoms with E-state index < -0.39 is 4.92 Å². The lowest BCUT2D eigenvalue weighted by Gasteiger charge is -2.18. The first kappa shape index (κ1) is 24.4. The van der Waals surface area contributed by atoms with E-state index >= 15 is 0 Å². The van der Waals surface area contributed by atoms with Crippen LogP contribution < -0.4 is 10.6 Å². The van der Waals surface area contributed by atoms with Crippen molar-refractivity contribution in [1.82, 2.24) is 0 Å². The van der Waals surface area contributed by atoms with E-state index in [4.69, 9.17) is 0 Å². The van der Waals surface area contributed by atoms with Crippen molar-refractivity contribution in [3.05, 3.63) is 58.1 Å². The summed E-state index contributed by atoms with van der Waals surface area (Å²) in [4.78, 5) is 36.4. The number of carbonyl (C=O) groups excluding carboxylic acids is 2. The van der Waals surface area contributed by atoms with Gasteiger partial charge in [0.15, 0.2) is 0 Å². The fourth-order valence-corrected chi connectivity index (χ4v) is 3.91. The first-order valence-corrected chi connectivity index (χ1v) is 11.0. The van der Waals surface area contributed by atoms with Crippen LogP contribution in [0, 0.1) is 22.5 Å². The van der Waals surface area contributed by atoms with Gasteiger partial charge in [0.1, 0.15) is 0 Å². The highest BCUT2D eigenvalue weighted by molar-refractivity contribution is 8.00. The molecule has 1 unspecified atom stereocenters. The second-order valence-corrected chi connectivity index (χ2v) is 9.85. The van der Waals surface area contributed by atoms with Crippen molar-refractivity contribution in [2.45, 2.75) is 57.6 Å². The van der Waals surface area contributed by atoms with Gasteiger partial charge in [-0.1, -0.05) is 39.8 Å². The summed E-state index contributed by atoms with van der Waals surface area (Å²) >= 11 is 1.39. The molecule has 0 aliphatic carbocycles. The number of benzene rings is 2. The van der Waals surface area contributed by atoms with Gasteiger partial charge in [-0.3, -0.25) is 19.7 Å². The number of hydrogen-bond donors (Lipinski definition) is 2. The minimum absolute atomic E-state index is 0.0550. The number of rotatable bonds is 8. The first-order valence-electron chi connectivity index (χ1n) is 10.1. The fourth-order valence-electron chi connectivity index (χ4n) is 2.89. The van der Waals surface area contributed by atoms with Crippen LogP contribution in [0.3, 0.4) is 0 Å². The minimum Gasteiger partial charge on any atom is -0.326 e. The standard InChI is InChI=1S/C23H29N3O4S/c1-6-20(22(28)25-19-13-17(26(29)30)11-10-15(19)2)31-18-9-7-8-16(12-18)24-21(27)14-23(3,4)5/h7-13,20H,6,14H2,1-5H3,(H,24,27)(H,25,28). The number of thioether (sulfide) groups is 1. The zero-order valence-electron chi connectivity index (χ0n) is 18.5. The average molecular weight is 444 g/mol. The molecule has 2 amide bonds. The minimum atomic E-state index is -0.486. The number of nitrogens with zero attached hydrogens (tertiary/aromatic N) is 1. The summed E-state index contributed by atoms with van der Waals surface area (Å²) in [6.45, 7) is 9.72. The molecule has 0 radical (unpaired) electrons. The van der Waals surface area contributed by atoms with E-state index in [1.54, 1.807) is 13.0 Å². The van der Waals surface area contributed by atoms with Crippen LogP contribution >= 0.6 is 11.8 Å². The van der Waals surface area contributed by atoms with Crippen LogP contribution in [0.15, 0.2) is 47.4 Å². The van der Waals surface area contributed by atoms with Crippen LogP contribution in [0.25, 0.3) is 0 Å². The maximum Gasteiger partial charge on any atom is 0.271 e. The van der Waals surface area contributed by atoms with Crippen molar-refractivity contribution in [1.29, 1.82) is 0 Å². The Kier molecular flexibility index (Phi) is 8.21. The van der Waals surface area contributed by atoms with Gasteiger partial charge in [-0.15, -0.1) is 11.8 Å². The number of nitro benzene ring substituents is 1. The van der Waals surface area contributed by atoms with Gasteiger partial charge in [0.2, 0.25) is 11.8 Å². The number of nitrogens with one attached hydrogen (secondary N) is 2. The highest BCUT2D eigenvalue weighted by atomic mass is 32.2. The second kappa shape index (κ2) is 10.4. The number of carbonyl (C=O) groups is 2. The summed E-state index contributed by atoms with van der Waals surface area (Å²) in [6, 6.07) is 11.8. The number of nitro groups is 1. The van der Waals surface area contributed by atoms with Crippen LogP contribution in [0.2, 0.25) is 0 Å². The molecule has 166 valence electrons. The third-order valence-corrected chi connectivity index (χ3v) is 5.80. The monoisotopic (exact) mass is 443 g/mol. The summed E-state index contributed by atoms with van der Waals surface area (Å²) < 4.78 is 0. The van der Waals surface area contributed by atoms with Crippen molar-refractivity contribution < 1.29 is 14.5 Å². The Labute approximate surface area is 187 Å². The van der Waals surface area contributed by atoms with E-state index in [1.165, 1.54) is 23.9 Å². The summed E-state index contributed by atoms with van der Waals surface area (Å²) in [5.74, 6) is -0.279. The molecular weight excluding hydrogens is 414 g/mol. The topological polar surface area (TPSA) is 101 Å². The molecule has 31 heavy (non-hydrogen) atoms. The van der Waals surface area contributed by atoms with E-state index in [2.05, 4.69) is 10.6 Å². The van der Waals surface area contributed by atoms with E-state index in [0.29, 0.717) is 24.2 Å². The number of non-ortho nitro benzene ring substituents is 1. The molecule has 0 aliphatic heterocycles. The Hall–Kier alpha value is -2.87. The largest absolute Gasteiger partial charge is 0.326 e. The van der Waals surface area contributed by atoms with Crippen molar-refractivity contribution in [2.75, 3.05) is 10.6 Å². The summed E-state index contributed by atoms with van der Waals surface area (Å²) in [5.41, 5.74) is 1.69. The number of amides is 2. The molecule has 2 aromatic carbocycles. The van der Waals surface area contributed by atoms with Gasteiger partial charge in [-0.05, 0) is 42.5 Å². The smallest absolute Gasteiger partial charge is 0.271 e. The van der Waals surface area contributed by atoms with Crippen molar-refractivity contribution >= 4 is 40.6 Å². The van der Waals surface area contributed by atoms with Crippen LogP contribution in [-0.2, 0) is 9.59 Å². The molecule has 0 aliphatic rings. The molecule has 7 nitrogen and oxygen atoms in total. The lowest BCUT2D eigenvalue weighted by Crippen LogP contribution is -2.25. The Morgan fingerprint density at radius 2 is 1.84 bits per heavy atom. The maximum absolute atomic E-state index is 12.8. The molecule has 2 rings (SSSR count). The quantitative estimate of drug-likeness (QED) is 0.306. The van der Waals surface area contributed by atoms with Crippen LogP contribution in [0.1, 0.15) is 46.1 Å². The van der Waals surface area contributed by atoms with E-state index in [0.717, 1.165) is 10.5 Å². The molecule has 0 aromatic heterocycles. The molecule has 1 atom stereocenters. The molecule has 0 saturated heterocycles. The van der Waals surface area contributed by atoms with Crippen LogP contribution in [0.5, 0.6) is 0 Å². The summed E-state index contributed by atoms with van der Waals surface area (Å²) in [5, 5.41) is 16.4. The van der Waals surface area contributed by atoms with E-state index in [1.807, 2.05) is 52.0 Å². The van der Waals surface area contributed by atoms with Gasteiger partial charge in [0.05, 0.1) is 15.9 Å². The molecule has 0 spiro atoms. The highest BCUT2D eigenvalue weighted by Gasteiger charge is 2.21. The third kappa shape index (κ3) is 7.71. The zero-order chi connectivity index (χ0) is 23.2. The Morgan fingerprint density at radius 1 is 1.13 bits per heavy atom. The van der Waals surface area contributed by atoms with Gasteiger partial charge in [-0.2, -0.15) is 0 Å². The van der Waals surface area contributed by atoms with E-state index in [-0.39, 0.29) is 28.2 Å². The van der Waals surface area contributed by atoms with Gasteiger partial charge in [0, 0.05) is 29.1 Å². The maximum atomic E-state index is 12.8. The van der Waals surface area contributed by atoms with Crippen molar-refractivity contribution in [2.24, 2.45) is 5.41 Å². The third-order valence-electron chi connectivity index (χ3n) is 4.44. The van der Waals surface area contributed by atoms with Gasteiger partial charge in [-0.25, -0.2) is 0 Å². The summed E-state index contributed by atoms with van der Waals surface area (Å²) in [6.07, 6.45) is 0.984. The lowest BCUT2D eigenvalue weighted by atomic mass is 9.92. The van der Waals surface area contributed by atoms with Crippen molar-refractivity contribution in [3.63, 3.8) is 0 Å². The predicted molar refractivity (Wildman–Crippen MR) is 126 cm³/mol. The predicted octanol–water partition coefficient (Wildman–Crippen LogP) is 5.79. The Morgan fingerprint density at radius 3 is 2.45 bits per heavy atom. The van der Waals surface area contributed by atoms with E-state index in [9.17, 15) is 19.7 Å². The highest BCUT2D eigenvalue weighted by Crippen LogP contribution is 2.30.